The zero-order chi connectivity index (χ0) is 12.3. The third kappa shape index (κ3) is 2.84. The molecule has 1 saturated heterocycles. The minimum absolute atomic E-state index is 0.222. The molecule has 92 valence electrons. The highest BCUT2D eigenvalue weighted by molar-refractivity contribution is 5.92. The number of carbonyl (C=O) groups is 1. The van der Waals surface area contributed by atoms with Crippen LogP contribution >= 0.6 is 0 Å². The zero-order valence-corrected chi connectivity index (χ0v) is 9.80. The Hall–Kier alpha value is -1.39. The third-order valence-corrected chi connectivity index (χ3v) is 3.33. The van der Waals surface area contributed by atoms with Gasteiger partial charge in [0, 0.05) is 18.2 Å². The minimum Gasteiger partial charge on any atom is -0.395 e. The molecule has 0 bridgehead atoms. The summed E-state index contributed by atoms with van der Waals surface area (Å²) in [6.45, 7) is 2.08. The van der Waals surface area contributed by atoms with Gasteiger partial charge in [0.25, 0.3) is 0 Å². The SMILES string of the molecule is NC(=O)c1ccc(CN2CCC[C@H]2CO)cc1. The summed E-state index contributed by atoms with van der Waals surface area (Å²) < 4.78 is 0. The summed E-state index contributed by atoms with van der Waals surface area (Å²) >= 11 is 0. The van der Waals surface area contributed by atoms with Crippen LogP contribution in [-0.2, 0) is 6.54 Å². The maximum absolute atomic E-state index is 10.9. The van der Waals surface area contributed by atoms with Crippen molar-refractivity contribution in [3.05, 3.63) is 35.4 Å². The number of hydrogen-bond donors (Lipinski definition) is 2. The van der Waals surface area contributed by atoms with Crippen molar-refractivity contribution >= 4 is 5.91 Å². The second-order valence-corrected chi connectivity index (χ2v) is 4.51. The van der Waals surface area contributed by atoms with Gasteiger partial charge in [-0.05, 0) is 37.1 Å². The maximum Gasteiger partial charge on any atom is 0.248 e. The number of aliphatic hydroxyl groups excluding tert-OH is 1. The zero-order valence-electron chi connectivity index (χ0n) is 9.80. The minimum atomic E-state index is -0.397. The van der Waals surface area contributed by atoms with Crippen LogP contribution < -0.4 is 5.73 Å². The van der Waals surface area contributed by atoms with Gasteiger partial charge in [0.2, 0.25) is 5.91 Å². The van der Waals surface area contributed by atoms with E-state index in [4.69, 9.17) is 5.73 Å². The van der Waals surface area contributed by atoms with Gasteiger partial charge in [0.05, 0.1) is 6.61 Å². The van der Waals surface area contributed by atoms with Crippen molar-refractivity contribution in [3.8, 4) is 0 Å². The fraction of sp³-hybridized carbons (Fsp3) is 0.462. The van der Waals surface area contributed by atoms with E-state index in [2.05, 4.69) is 4.90 Å². The standard InChI is InChI=1S/C13H18N2O2/c14-13(17)11-5-3-10(4-6-11)8-15-7-1-2-12(15)9-16/h3-6,12,16H,1-2,7-9H2,(H2,14,17)/t12-/m0/s1. The number of likely N-dealkylation sites (tertiary alicyclic amines) is 1. The highest BCUT2D eigenvalue weighted by atomic mass is 16.3. The highest BCUT2D eigenvalue weighted by Gasteiger charge is 2.23. The highest BCUT2D eigenvalue weighted by Crippen LogP contribution is 2.19. The molecular weight excluding hydrogens is 216 g/mol. The molecule has 1 aromatic carbocycles. The molecule has 1 aliphatic rings. The number of carbonyl (C=O) groups excluding carboxylic acids is 1. The van der Waals surface area contributed by atoms with Crippen molar-refractivity contribution in [2.75, 3.05) is 13.2 Å². The van der Waals surface area contributed by atoms with E-state index < -0.39 is 5.91 Å². The van der Waals surface area contributed by atoms with Crippen molar-refractivity contribution in [2.24, 2.45) is 5.73 Å². The molecule has 1 heterocycles. The Kier molecular flexibility index (Phi) is 3.76. The third-order valence-electron chi connectivity index (χ3n) is 3.33. The van der Waals surface area contributed by atoms with Crippen molar-refractivity contribution in [3.63, 3.8) is 0 Å². The average molecular weight is 234 g/mol. The summed E-state index contributed by atoms with van der Waals surface area (Å²) in [5.41, 5.74) is 6.87. The van der Waals surface area contributed by atoms with Gasteiger partial charge in [-0.3, -0.25) is 9.69 Å². The largest absolute Gasteiger partial charge is 0.395 e. The van der Waals surface area contributed by atoms with Gasteiger partial charge >= 0.3 is 0 Å². The number of nitrogens with two attached hydrogens (primary N) is 1. The lowest BCUT2D eigenvalue weighted by atomic mass is 10.1. The van der Waals surface area contributed by atoms with Crippen molar-refractivity contribution in [1.82, 2.24) is 4.90 Å². The van der Waals surface area contributed by atoms with Gasteiger partial charge in [-0.2, -0.15) is 0 Å². The van der Waals surface area contributed by atoms with E-state index in [1.54, 1.807) is 12.1 Å². The molecule has 0 radical (unpaired) electrons. The first-order valence-electron chi connectivity index (χ1n) is 5.94. The Labute approximate surface area is 101 Å². The molecule has 1 aromatic rings. The summed E-state index contributed by atoms with van der Waals surface area (Å²) in [5, 5.41) is 9.23. The lowest BCUT2D eigenvalue weighted by Crippen LogP contribution is -2.31. The predicted octanol–water partition coefficient (Wildman–Crippen LogP) is 0.742. The Morgan fingerprint density at radius 3 is 2.71 bits per heavy atom. The first kappa shape index (κ1) is 12.1. The van der Waals surface area contributed by atoms with Crippen LogP contribution in [0.2, 0.25) is 0 Å². The number of hydrogen-bond acceptors (Lipinski definition) is 3. The van der Waals surface area contributed by atoms with E-state index in [9.17, 15) is 9.90 Å². The summed E-state index contributed by atoms with van der Waals surface area (Å²) in [5.74, 6) is -0.397. The molecule has 1 amide bonds. The molecule has 0 saturated carbocycles. The molecule has 4 heteroatoms. The Bertz CT molecular complexity index is 389. The van der Waals surface area contributed by atoms with E-state index in [1.807, 2.05) is 12.1 Å². The Balaban J connectivity index is 2.01. The number of nitrogens with zero attached hydrogens (tertiary/aromatic N) is 1. The average Bonchev–Trinajstić information content (AvgIpc) is 2.77. The fourth-order valence-electron chi connectivity index (χ4n) is 2.32. The predicted molar refractivity (Wildman–Crippen MR) is 65.5 cm³/mol. The second-order valence-electron chi connectivity index (χ2n) is 4.51. The summed E-state index contributed by atoms with van der Waals surface area (Å²) in [4.78, 5) is 13.2. The van der Waals surface area contributed by atoms with Crippen LogP contribution in [0.5, 0.6) is 0 Å². The van der Waals surface area contributed by atoms with E-state index in [0.29, 0.717) is 5.56 Å². The molecule has 2 rings (SSSR count). The number of primary amides is 1. The smallest absolute Gasteiger partial charge is 0.248 e. The topological polar surface area (TPSA) is 66.6 Å². The monoisotopic (exact) mass is 234 g/mol. The van der Waals surface area contributed by atoms with Crippen LogP contribution in [0.25, 0.3) is 0 Å². The molecule has 0 aliphatic carbocycles. The number of rotatable bonds is 4. The molecule has 0 spiro atoms. The van der Waals surface area contributed by atoms with E-state index in [1.165, 1.54) is 0 Å². The van der Waals surface area contributed by atoms with Gasteiger partial charge in [-0.25, -0.2) is 0 Å². The van der Waals surface area contributed by atoms with E-state index in [0.717, 1.165) is 31.5 Å². The molecule has 1 fully saturated rings. The normalized spacial score (nSPS) is 20.6. The maximum atomic E-state index is 10.9. The van der Waals surface area contributed by atoms with Gasteiger partial charge < -0.3 is 10.8 Å². The first-order valence-corrected chi connectivity index (χ1v) is 5.94. The van der Waals surface area contributed by atoms with Crippen LogP contribution in [0.1, 0.15) is 28.8 Å². The summed E-state index contributed by atoms with van der Waals surface area (Å²) in [6.07, 6.45) is 2.21. The number of benzene rings is 1. The van der Waals surface area contributed by atoms with Crippen molar-refractivity contribution in [1.29, 1.82) is 0 Å². The fourth-order valence-corrected chi connectivity index (χ4v) is 2.32. The Morgan fingerprint density at radius 1 is 1.41 bits per heavy atom. The molecule has 4 nitrogen and oxygen atoms in total. The number of amides is 1. The van der Waals surface area contributed by atoms with Gasteiger partial charge in [-0.1, -0.05) is 12.1 Å². The van der Waals surface area contributed by atoms with Gasteiger partial charge in [0.1, 0.15) is 0 Å². The molecule has 0 unspecified atom stereocenters. The van der Waals surface area contributed by atoms with E-state index in [-0.39, 0.29) is 12.6 Å². The van der Waals surface area contributed by atoms with Crippen LogP contribution in [-0.4, -0.2) is 35.1 Å². The van der Waals surface area contributed by atoms with Crippen LogP contribution in [0.15, 0.2) is 24.3 Å². The van der Waals surface area contributed by atoms with Gasteiger partial charge in [0.15, 0.2) is 0 Å². The number of aliphatic hydroxyl groups is 1. The van der Waals surface area contributed by atoms with Crippen LogP contribution in [0, 0.1) is 0 Å². The quantitative estimate of drug-likeness (QED) is 0.807. The Morgan fingerprint density at radius 2 is 2.12 bits per heavy atom. The van der Waals surface area contributed by atoms with Crippen LogP contribution in [0.3, 0.4) is 0 Å². The molecule has 0 aromatic heterocycles. The summed E-state index contributed by atoms with van der Waals surface area (Å²) in [6, 6.07) is 7.63. The lowest BCUT2D eigenvalue weighted by Gasteiger charge is -2.22. The van der Waals surface area contributed by atoms with Crippen LogP contribution in [0.4, 0.5) is 0 Å². The van der Waals surface area contributed by atoms with Crippen molar-refractivity contribution < 1.29 is 9.90 Å². The second kappa shape index (κ2) is 5.29. The summed E-state index contributed by atoms with van der Waals surface area (Å²) in [7, 11) is 0. The first-order chi connectivity index (χ1) is 8.20. The molecule has 1 aliphatic heterocycles. The molecule has 17 heavy (non-hydrogen) atoms. The van der Waals surface area contributed by atoms with Gasteiger partial charge in [-0.15, -0.1) is 0 Å². The molecular formula is C13H18N2O2. The molecule has 3 N–H and O–H groups in total. The molecule has 1 atom stereocenters. The van der Waals surface area contributed by atoms with Crippen molar-refractivity contribution in [2.45, 2.75) is 25.4 Å². The lowest BCUT2D eigenvalue weighted by molar-refractivity contribution is 0.100. The van der Waals surface area contributed by atoms with E-state index >= 15 is 0 Å².